The lowest BCUT2D eigenvalue weighted by atomic mass is 9.67. The molecule has 5 nitrogen and oxygen atoms in total. The number of hydrogen-bond donors (Lipinski definition) is 1. The molecule has 2 fully saturated rings. The van der Waals surface area contributed by atoms with Crippen molar-refractivity contribution in [3.63, 3.8) is 0 Å². The number of methoxy groups -OCH3 is 1. The summed E-state index contributed by atoms with van der Waals surface area (Å²) in [6.45, 7) is 2.30. The summed E-state index contributed by atoms with van der Waals surface area (Å²) in [6, 6.07) is 2.24. The molecule has 0 aromatic heterocycles. The first-order chi connectivity index (χ1) is 7.22. The molecule has 5 heteroatoms. The molecule has 1 N–H and O–H groups in total. The molecule has 2 aliphatic heterocycles. The van der Waals surface area contributed by atoms with Gasteiger partial charge in [-0.1, -0.05) is 0 Å². The predicted molar refractivity (Wildman–Crippen MR) is 53.0 cm³/mol. The summed E-state index contributed by atoms with van der Waals surface area (Å²) in [4.78, 5) is 13.0. The monoisotopic (exact) mass is 209 g/mol. The molecule has 1 spiro atoms. The molecule has 2 aliphatic rings. The Hall–Kier alpha value is -1.28. The van der Waals surface area contributed by atoms with Crippen LogP contribution in [0.1, 0.15) is 12.8 Å². The number of nitriles is 1. The highest BCUT2D eigenvalue weighted by Gasteiger charge is 2.49. The number of nitrogens with one attached hydrogen (secondary N) is 1. The molecular formula is C10H15N3O2. The maximum atomic E-state index is 11.3. The molecule has 1 atom stereocenters. The minimum Gasteiger partial charge on any atom is -0.453 e. The van der Waals surface area contributed by atoms with Crippen LogP contribution in [0.2, 0.25) is 0 Å². The standard InChI is InChI=1S/C10H15N3O2/c1-15-9(14)13-4-2-10(3-5-13)7-12-8(10)6-11/h8,12H,2-5,7H2,1H3. The maximum absolute atomic E-state index is 11.3. The number of likely N-dealkylation sites (tertiary alicyclic amines) is 1. The van der Waals surface area contributed by atoms with Crippen LogP contribution in [0.3, 0.4) is 0 Å². The summed E-state index contributed by atoms with van der Waals surface area (Å²) >= 11 is 0. The summed E-state index contributed by atoms with van der Waals surface area (Å²) < 4.78 is 4.67. The number of ether oxygens (including phenoxy) is 1. The number of rotatable bonds is 0. The first-order valence-corrected chi connectivity index (χ1v) is 5.18. The third-order valence-electron chi connectivity index (χ3n) is 3.59. The first kappa shape index (κ1) is 10.2. The molecule has 82 valence electrons. The van der Waals surface area contributed by atoms with Gasteiger partial charge in [0.05, 0.1) is 13.2 Å². The Labute approximate surface area is 89.0 Å². The molecule has 1 unspecified atom stereocenters. The molecule has 2 heterocycles. The fourth-order valence-corrected chi connectivity index (χ4v) is 2.40. The summed E-state index contributed by atoms with van der Waals surface area (Å²) in [6.07, 6.45) is 1.53. The van der Waals surface area contributed by atoms with Crippen LogP contribution >= 0.6 is 0 Å². The van der Waals surface area contributed by atoms with E-state index < -0.39 is 0 Å². The van der Waals surface area contributed by atoms with Crippen LogP contribution in [0.25, 0.3) is 0 Å². The van der Waals surface area contributed by atoms with Crippen LogP contribution in [0.15, 0.2) is 0 Å². The maximum Gasteiger partial charge on any atom is 0.409 e. The van der Waals surface area contributed by atoms with E-state index in [0.717, 1.165) is 19.4 Å². The highest BCUT2D eigenvalue weighted by Crippen LogP contribution is 2.39. The van der Waals surface area contributed by atoms with Gasteiger partial charge in [-0.25, -0.2) is 4.79 Å². The summed E-state index contributed by atoms with van der Waals surface area (Å²) in [7, 11) is 1.40. The van der Waals surface area contributed by atoms with Gasteiger partial charge in [0, 0.05) is 25.0 Å². The van der Waals surface area contributed by atoms with E-state index in [4.69, 9.17) is 5.26 Å². The van der Waals surface area contributed by atoms with Gasteiger partial charge in [-0.15, -0.1) is 0 Å². The van der Waals surface area contributed by atoms with Crippen molar-refractivity contribution >= 4 is 6.09 Å². The Kier molecular flexibility index (Phi) is 2.53. The smallest absolute Gasteiger partial charge is 0.409 e. The Balaban J connectivity index is 1.93. The van der Waals surface area contributed by atoms with Crippen LogP contribution in [-0.4, -0.2) is 43.8 Å². The van der Waals surface area contributed by atoms with Crippen LogP contribution in [0.5, 0.6) is 0 Å². The third-order valence-corrected chi connectivity index (χ3v) is 3.59. The van der Waals surface area contributed by atoms with Crippen LogP contribution < -0.4 is 5.32 Å². The van der Waals surface area contributed by atoms with Crippen molar-refractivity contribution in [1.82, 2.24) is 10.2 Å². The van der Waals surface area contributed by atoms with Gasteiger partial charge in [-0.3, -0.25) is 0 Å². The lowest BCUT2D eigenvalue weighted by molar-refractivity contribution is 0.0259. The van der Waals surface area contributed by atoms with Crippen molar-refractivity contribution < 1.29 is 9.53 Å². The zero-order valence-electron chi connectivity index (χ0n) is 8.82. The van der Waals surface area contributed by atoms with Gasteiger partial charge >= 0.3 is 6.09 Å². The minimum atomic E-state index is -0.259. The fraction of sp³-hybridized carbons (Fsp3) is 0.800. The van der Waals surface area contributed by atoms with Crippen molar-refractivity contribution in [2.75, 3.05) is 26.7 Å². The molecule has 2 rings (SSSR count). The molecule has 0 aliphatic carbocycles. The normalized spacial score (nSPS) is 28.0. The average Bonchev–Trinajstić information content (AvgIpc) is 2.27. The molecule has 0 aromatic rings. The zero-order chi connectivity index (χ0) is 10.9. The van der Waals surface area contributed by atoms with Gasteiger partial charge < -0.3 is 15.0 Å². The molecule has 2 saturated heterocycles. The van der Waals surface area contributed by atoms with Gasteiger partial charge in [0.2, 0.25) is 0 Å². The van der Waals surface area contributed by atoms with Gasteiger partial charge in [0.1, 0.15) is 6.04 Å². The summed E-state index contributed by atoms with van der Waals surface area (Å²) in [5, 5.41) is 12.0. The van der Waals surface area contributed by atoms with Crippen molar-refractivity contribution in [3.8, 4) is 6.07 Å². The van der Waals surface area contributed by atoms with Crippen LogP contribution in [-0.2, 0) is 4.74 Å². The van der Waals surface area contributed by atoms with E-state index in [0.29, 0.717) is 13.1 Å². The van der Waals surface area contributed by atoms with Crippen LogP contribution in [0.4, 0.5) is 4.79 Å². The summed E-state index contributed by atoms with van der Waals surface area (Å²) in [5.41, 5.74) is 0.110. The second kappa shape index (κ2) is 3.70. The molecule has 0 radical (unpaired) electrons. The average molecular weight is 209 g/mol. The molecule has 0 aromatic carbocycles. The quantitative estimate of drug-likeness (QED) is 0.624. The SMILES string of the molecule is COC(=O)N1CCC2(CC1)CNC2C#N. The Morgan fingerprint density at radius 2 is 2.27 bits per heavy atom. The lowest BCUT2D eigenvalue weighted by Gasteiger charge is -2.51. The highest BCUT2D eigenvalue weighted by atomic mass is 16.5. The van der Waals surface area contributed by atoms with Crippen molar-refractivity contribution in [3.05, 3.63) is 0 Å². The number of carbonyl (C=O) groups excluding carboxylic acids is 1. The Morgan fingerprint density at radius 3 is 2.67 bits per heavy atom. The van der Waals surface area contributed by atoms with Gasteiger partial charge in [0.15, 0.2) is 0 Å². The van der Waals surface area contributed by atoms with E-state index in [9.17, 15) is 4.79 Å². The van der Waals surface area contributed by atoms with E-state index in [1.165, 1.54) is 7.11 Å². The second-order valence-corrected chi connectivity index (χ2v) is 4.26. The minimum absolute atomic E-state index is 0.0303. The number of hydrogen-bond acceptors (Lipinski definition) is 4. The largest absolute Gasteiger partial charge is 0.453 e. The van der Waals surface area contributed by atoms with E-state index in [1.54, 1.807) is 4.90 Å². The Bertz CT molecular complexity index is 302. The van der Waals surface area contributed by atoms with E-state index >= 15 is 0 Å². The topological polar surface area (TPSA) is 65.4 Å². The van der Waals surface area contributed by atoms with Crippen molar-refractivity contribution in [2.45, 2.75) is 18.9 Å². The molecule has 0 saturated carbocycles. The van der Waals surface area contributed by atoms with Gasteiger partial charge in [-0.2, -0.15) is 5.26 Å². The van der Waals surface area contributed by atoms with Gasteiger partial charge in [0.25, 0.3) is 0 Å². The summed E-state index contributed by atoms with van der Waals surface area (Å²) in [5.74, 6) is 0. The van der Waals surface area contributed by atoms with Crippen LogP contribution in [0, 0.1) is 16.7 Å². The first-order valence-electron chi connectivity index (χ1n) is 5.18. The zero-order valence-corrected chi connectivity index (χ0v) is 8.82. The number of nitrogens with zero attached hydrogens (tertiary/aromatic N) is 2. The van der Waals surface area contributed by atoms with Gasteiger partial charge in [-0.05, 0) is 12.8 Å². The molecular weight excluding hydrogens is 194 g/mol. The van der Waals surface area contributed by atoms with E-state index in [1.807, 2.05) is 0 Å². The highest BCUT2D eigenvalue weighted by molar-refractivity contribution is 5.67. The number of amides is 1. The lowest BCUT2D eigenvalue weighted by Crippen LogP contribution is -2.65. The molecule has 1 amide bonds. The van der Waals surface area contributed by atoms with E-state index in [2.05, 4.69) is 16.1 Å². The predicted octanol–water partition coefficient (Wildman–Crippen LogP) is 0.330. The van der Waals surface area contributed by atoms with Crippen molar-refractivity contribution in [1.29, 1.82) is 5.26 Å². The van der Waals surface area contributed by atoms with Crippen molar-refractivity contribution in [2.24, 2.45) is 5.41 Å². The fourth-order valence-electron chi connectivity index (χ4n) is 2.40. The number of piperidine rings is 1. The Morgan fingerprint density at radius 1 is 1.60 bits per heavy atom. The number of carbonyl (C=O) groups is 1. The molecule has 15 heavy (non-hydrogen) atoms. The second-order valence-electron chi connectivity index (χ2n) is 4.26. The third kappa shape index (κ3) is 1.55. The molecule has 0 bridgehead atoms. The van der Waals surface area contributed by atoms with E-state index in [-0.39, 0.29) is 17.6 Å².